The zero-order valence-electron chi connectivity index (χ0n) is 23.3. The van der Waals surface area contributed by atoms with E-state index in [1.807, 2.05) is 39.0 Å². The maximum atomic E-state index is 15.3. The summed E-state index contributed by atoms with van der Waals surface area (Å²) in [5.41, 5.74) is 3.66. The predicted octanol–water partition coefficient (Wildman–Crippen LogP) is 5.61. The molecule has 7 nitrogen and oxygen atoms in total. The molecule has 0 unspecified atom stereocenters. The van der Waals surface area contributed by atoms with E-state index in [1.165, 1.54) is 24.4 Å². The van der Waals surface area contributed by atoms with Crippen molar-refractivity contribution in [2.24, 2.45) is 0 Å². The van der Waals surface area contributed by atoms with E-state index in [0.29, 0.717) is 47.8 Å². The molecule has 9 heteroatoms. The van der Waals surface area contributed by atoms with Crippen molar-refractivity contribution in [2.45, 2.75) is 52.8 Å². The summed E-state index contributed by atoms with van der Waals surface area (Å²) in [6.45, 7) is 10.4. The molecule has 4 aromatic rings. The highest BCUT2D eigenvalue weighted by molar-refractivity contribution is 5.94. The first-order valence-electron chi connectivity index (χ1n) is 13.7. The molecule has 0 bridgehead atoms. The number of aryl methyl sites for hydroxylation is 1. The summed E-state index contributed by atoms with van der Waals surface area (Å²) < 4.78 is 36.2. The fourth-order valence-electron chi connectivity index (χ4n) is 5.29. The van der Waals surface area contributed by atoms with Crippen LogP contribution in [0, 0.1) is 11.6 Å². The molecule has 0 radical (unpaired) electrons. The van der Waals surface area contributed by atoms with Crippen LogP contribution in [0.15, 0.2) is 60.8 Å². The van der Waals surface area contributed by atoms with Crippen molar-refractivity contribution >= 4 is 22.9 Å². The third kappa shape index (κ3) is 5.73. The van der Waals surface area contributed by atoms with E-state index in [-0.39, 0.29) is 30.4 Å². The molecule has 2 aromatic heterocycles. The molecule has 1 N–H and O–H groups in total. The summed E-state index contributed by atoms with van der Waals surface area (Å²) in [5.74, 6) is -0.219. The number of nitrogens with one attached hydrogen (secondary N) is 1. The molecule has 1 atom stereocenters. The minimum absolute atomic E-state index is 0.129. The Kier molecular flexibility index (Phi) is 7.91. The van der Waals surface area contributed by atoms with Gasteiger partial charge in [0.05, 0.1) is 17.5 Å². The van der Waals surface area contributed by atoms with Crippen molar-refractivity contribution in [1.29, 1.82) is 0 Å². The van der Waals surface area contributed by atoms with Crippen LogP contribution in [0.3, 0.4) is 0 Å². The van der Waals surface area contributed by atoms with E-state index in [1.54, 1.807) is 10.5 Å². The number of ether oxygens (including phenoxy) is 1. The second kappa shape index (κ2) is 11.5. The lowest BCUT2D eigenvalue weighted by atomic mass is 10.1. The van der Waals surface area contributed by atoms with E-state index in [2.05, 4.69) is 39.2 Å². The molecule has 0 saturated carbocycles. The van der Waals surface area contributed by atoms with Crippen LogP contribution in [0.4, 0.5) is 20.2 Å². The molecule has 1 saturated heterocycles. The van der Waals surface area contributed by atoms with Gasteiger partial charge in [-0.15, -0.1) is 0 Å². The van der Waals surface area contributed by atoms with Gasteiger partial charge in [-0.05, 0) is 75.2 Å². The molecule has 2 aromatic carbocycles. The number of hydrogen-bond donors (Lipinski definition) is 1. The number of carbonyl (C=O) groups is 1. The van der Waals surface area contributed by atoms with Gasteiger partial charge in [0, 0.05) is 50.2 Å². The molecular weight excluding hydrogens is 512 g/mol. The van der Waals surface area contributed by atoms with Crippen molar-refractivity contribution in [2.75, 3.05) is 29.4 Å². The second-order valence-electron chi connectivity index (χ2n) is 10.5. The summed E-state index contributed by atoms with van der Waals surface area (Å²) in [7, 11) is 0. The molecule has 210 valence electrons. The number of piperazine rings is 1. The smallest absolute Gasteiger partial charge is 0.270 e. The number of carbonyl (C=O) groups excluding carboxylic acids is 1. The molecule has 3 heterocycles. The Labute approximate surface area is 233 Å². The van der Waals surface area contributed by atoms with Gasteiger partial charge >= 0.3 is 0 Å². The third-order valence-electron chi connectivity index (χ3n) is 7.18. The molecule has 0 aliphatic carbocycles. The highest BCUT2D eigenvalue weighted by Gasteiger charge is 2.26. The van der Waals surface area contributed by atoms with E-state index in [0.717, 1.165) is 18.0 Å². The van der Waals surface area contributed by atoms with Gasteiger partial charge in [-0.1, -0.05) is 13.0 Å². The number of rotatable bonds is 8. The van der Waals surface area contributed by atoms with Crippen molar-refractivity contribution in [3.63, 3.8) is 0 Å². The Bertz CT molecular complexity index is 1500. The van der Waals surface area contributed by atoms with E-state index >= 15 is 4.39 Å². The van der Waals surface area contributed by atoms with Crippen LogP contribution in [0.25, 0.3) is 5.65 Å². The molecule has 1 fully saturated rings. The van der Waals surface area contributed by atoms with Crippen molar-refractivity contribution in [3.05, 3.63) is 89.4 Å². The molecule has 5 rings (SSSR count). The number of pyridine rings is 1. The topological polar surface area (TPSA) is 62.1 Å². The number of aromatic nitrogens is 2. The van der Waals surface area contributed by atoms with Crippen LogP contribution < -0.4 is 19.9 Å². The lowest BCUT2D eigenvalue weighted by molar-refractivity contribution is 0.0944. The lowest BCUT2D eigenvalue weighted by Crippen LogP contribution is -2.52. The van der Waals surface area contributed by atoms with Crippen LogP contribution in [-0.4, -0.2) is 47.1 Å². The quantitative estimate of drug-likeness (QED) is 0.311. The van der Waals surface area contributed by atoms with Crippen LogP contribution in [0.2, 0.25) is 0 Å². The van der Waals surface area contributed by atoms with Crippen molar-refractivity contribution in [3.8, 4) is 5.75 Å². The number of imidazole rings is 1. The minimum atomic E-state index is -0.413. The summed E-state index contributed by atoms with van der Waals surface area (Å²) >= 11 is 0. The fourth-order valence-corrected chi connectivity index (χ4v) is 5.29. The van der Waals surface area contributed by atoms with Crippen LogP contribution in [0.5, 0.6) is 5.75 Å². The maximum absolute atomic E-state index is 15.3. The number of hydrogen-bond acceptors (Lipinski definition) is 5. The first kappa shape index (κ1) is 27.4. The number of halogens is 2. The molecule has 1 aliphatic rings. The molecule has 0 spiro atoms. The van der Waals surface area contributed by atoms with Crippen LogP contribution in [0.1, 0.15) is 49.4 Å². The van der Waals surface area contributed by atoms with Gasteiger partial charge in [0.15, 0.2) is 0 Å². The van der Waals surface area contributed by atoms with Gasteiger partial charge < -0.3 is 19.9 Å². The Balaban J connectivity index is 1.22. The second-order valence-corrected chi connectivity index (χ2v) is 10.5. The molecule has 1 aliphatic heterocycles. The molecule has 40 heavy (non-hydrogen) atoms. The summed E-state index contributed by atoms with van der Waals surface area (Å²) in [4.78, 5) is 21.8. The van der Waals surface area contributed by atoms with Gasteiger partial charge in [-0.2, -0.15) is 0 Å². The van der Waals surface area contributed by atoms with Crippen molar-refractivity contribution < 1.29 is 18.3 Å². The monoisotopic (exact) mass is 547 g/mol. The minimum Gasteiger partial charge on any atom is -0.491 e. The van der Waals surface area contributed by atoms with E-state index in [4.69, 9.17) is 4.74 Å². The third-order valence-corrected chi connectivity index (χ3v) is 7.18. The van der Waals surface area contributed by atoms with Gasteiger partial charge in [0.25, 0.3) is 5.91 Å². The van der Waals surface area contributed by atoms with Crippen molar-refractivity contribution in [1.82, 2.24) is 14.7 Å². The van der Waals surface area contributed by atoms with E-state index < -0.39 is 5.82 Å². The van der Waals surface area contributed by atoms with Gasteiger partial charge in [-0.3, -0.25) is 9.20 Å². The zero-order valence-corrected chi connectivity index (χ0v) is 23.3. The fraction of sp³-hybridized carbons (Fsp3) is 0.355. The first-order chi connectivity index (χ1) is 19.2. The van der Waals surface area contributed by atoms with Gasteiger partial charge in [-0.25, -0.2) is 13.8 Å². The van der Waals surface area contributed by atoms with Gasteiger partial charge in [0.2, 0.25) is 0 Å². The van der Waals surface area contributed by atoms with Gasteiger partial charge in [0.1, 0.15) is 28.7 Å². The Morgan fingerprint density at radius 2 is 1.88 bits per heavy atom. The number of benzene rings is 2. The maximum Gasteiger partial charge on any atom is 0.270 e. The number of fused-ring (bicyclic) bond motifs is 1. The number of amides is 1. The summed E-state index contributed by atoms with van der Waals surface area (Å²) in [5, 5.41) is 2.86. The molecule has 1 amide bonds. The number of nitrogens with zero attached hydrogens (tertiary/aromatic N) is 4. The molecular formula is C31H35F2N5O2. The van der Waals surface area contributed by atoms with E-state index in [9.17, 15) is 9.18 Å². The highest BCUT2D eigenvalue weighted by Crippen LogP contribution is 2.28. The van der Waals surface area contributed by atoms with Crippen LogP contribution in [-0.2, 0) is 13.0 Å². The Hall–Kier alpha value is -4.14. The Morgan fingerprint density at radius 3 is 2.55 bits per heavy atom. The summed E-state index contributed by atoms with van der Waals surface area (Å²) in [6, 6.07) is 16.0. The SMILES string of the molecule is CCc1nc2cc(F)ccn2c1C(=O)NCc1ccc(N2CCN(c3ccc(OC(C)C)cc3)[C@@H](C)C2)c(F)c1. The average Bonchev–Trinajstić information content (AvgIpc) is 3.30. The highest BCUT2D eigenvalue weighted by atomic mass is 19.1. The average molecular weight is 548 g/mol. The zero-order chi connectivity index (χ0) is 28.4. The van der Waals surface area contributed by atoms with Crippen LogP contribution >= 0.6 is 0 Å². The normalized spacial score (nSPS) is 15.6. The largest absolute Gasteiger partial charge is 0.491 e. The summed E-state index contributed by atoms with van der Waals surface area (Å²) in [6.07, 6.45) is 2.15. The lowest BCUT2D eigenvalue weighted by Gasteiger charge is -2.42. The number of anilines is 2. The predicted molar refractivity (Wildman–Crippen MR) is 153 cm³/mol. The first-order valence-corrected chi connectivity index (χ1v) is 13.7. The standard InChI is InChI=1S/C31H35F2N5O2/c1-5-27-30(38-13-12-23(32)17-29(38)35-27)31(39)34-18-22-6-11-28(26(33)16-22)36-14-15-37(21(4)19-36)24-7-9-25(10-8-24)40-20(2)3/h6-13,16-17,20-21H,5,14-15,18-19H2,1-4H3,(H,34,39)/t21-/m0/s1. The Morgan fingerprint density at radius 1 is 1.10 bits per heavy atom.